The minimum Gasteiger partial charge on any atom is -0.497 e. The Balaban J connectivity index is 1.92. The molecule has 0 atom stereocenters. The number of ether oxygens (including phenoxy) is 1. The first-order valence-corrected chi connectivity index (χ1v) is 8.12. The molecule has 0 spiro atoms. The fourth-order valence-corrected chi connectivity index (χ4v) is 2.44. The van der Waals surface area contributed by atoms with Crippen molar-refractivity contribution in [3.63, 3.8) is 0 Å². The van der Waals surface area contributed by atoms with Crippen molar-refractivity contribution in [1.29, 1.82) is 0 Å². The van der Waals surface area contributed by atoms with Gasteiger partial charge in [0.1, 0.15) is 11.3 Å². The van der Waals surface area contributed by atoms with Gasteiger partial charge in [0.25, 0.3) is 11.5 Å². The fourth-order valence-electron chi connectivity index (χ4n) is 2.44. The summed E-state index contributed by atoms with van der Waals surface area (Å²) in [6, 6.07) is 14.6. The van der Waals surface area contributed by atoms with Gasteiger partial charge in [-0.25, -0.2) is 14.8 Å². The molecule has 9 heteroatoms. The Morgan fingerprint density at radius 2 is 1.82 bits per heavy atom. The molecule has 1 aromatic heterocycles. The summed E-state index contributed by atoms with van der Waals surface area (Å²) in [6.45, 7) is 0. The van der Waals surface area contributed by atoms with Crippen LogP contribution in [-0.2, 0) is 0 Å². The molecule has 28 heavy (non-hydrogen) atoms. The highest BCUT2D eigenvalue weighted by Crippen LogP contribution is 2.18. The lowest BCUT2D eigenvalue weighted by atomic mass is 10.2. The summed E-state index contributed by atoms with van der Waals surface area (Å²) in [6.07, 6.45) is 0.967. The van der Waals surface area contributed by atoms with Gasteiger partial charge in [0, 0.05) is 5.56 Å². The molecule has 3 rings (SSSR count). The van der Waals surface area contributed by atoms with Gasteiger partial charge in [-0.2, -0.15) is 5.10 Å². The molecule has 0 saturated carbocycles. The summed E-state index contributed by atoms with van der Waals surface area (Å²) in [4.78, 5) is 38.2. The molecule has 0 fully saturated rings. The van der Waals surface area contributed by atoms with E-state index in [0.717, 1.165) is 10.8 Å². The fraction of sp³-hybridized carbons (Fsp3) is 0.0526. The SMILES string of the molecule is COc1ccc(-n2c(O)c(/C=N/NC(=O)c3ccccc3)c(=O)[nH]c2=O)cc1. The molecule has 0 bridgehead atoms. The largest absolute Gasteiger partial charge is 0.497 e. The summed E-state index contributed by atoms with van der Waals surface area (Å²) in [5.74, 6) is -0.543. The molecule has 3 aromatic rings. The molecule has 1 heterocycles. The van der Waals surface area contributed by atoms with Crippen molar-refractivity contribution in [3.8, 4) is 17.3 Å². The van der Waals surface area contributed by atoms with E-state index in [2.05, 4.69) is 15.5 Å². The number of benzene rings is 2. The second kappa shape index (κ2) is 8.04. The number of amides is 1. The lowest BCUT2D eigenvalue weighted by Gasteiger charge is -2.10. The number of nitrogens with one attached hydrogen (secondary N) is 2. The molecule has 0 saturated heterocycles. The van der Waals surface area contributed by atoms with Crippen LogP contribution in [0.3, 0.4) is 0 Å². The van der Waals surface area contributed by atoms with Crippen LogP contribution in [0, 0.1) is 0 Å². The normalized spacial score (nSPS) is 10.8. The number of aromatic amines is 1. The average molecular weight is 380 g/mol. The van der Waals surface area contributed by atoms with Crippen LogP contribution in [0.2, 0.25) is 0 Å². The second-order valence-electron chi connectivity index (χ2n) is 5.60. The molecule has 9 nitrogen and oxygen atoms in total. The number of rotatable bonds is 5. The standard InChI is InChI=1S/C19H16N4O5/c1-28-14-9-7-13(8-10-14)23-18(26)15(17(25)21-19(23)27)11-20-22-16(24)12-5-3-2-4-6-12/h2-11,26H,1H3,(H,22,24)(H,21,25,27)/b20-11+. The third-order valence-corrected chi connectivity index (χ3v) is 3.85. The molecule has 0 unspecified atom stereocenters. The third-order valence-electron chi connectivity index (χ3n) is 3.85. The summed E-state index contributed by atoms with van der Waals surface area (Å²) in [5.41, 5.74) is 0.985. The highest BCUT2D eigenvalue weighted by molar-refractivity contribution is 5.94. The Bertz CT molecular complexity index is 1130. The van der Waals surface area contributed by atoms with Crippen molar-refractivity contribution in [2.45, 2.75) is 0 Å². The Morgan fingerprint density at radius 3 is 2.46 bits per heavy atom. The molecule has 142 valence electrons. The van der Waals surface area contributed by atoms with Crippen molar-refractivity contribution < 1.29 is 14.6 Å². The topological polar surface area (TPSA) is 126 Å². The van der Waals surface area contributed by atoms with E-state index in [1.165, 1.54) is 19.2 Å². The number of carbonyl (C=O) groups is 1. The summed E-state index contributed by atoms with van der Waals surface area (Å²) in [7, 11) is 1.50. The van der Waals surface area contributed by atoms with Crippen LogP contribution in [0.15, 0.2) is 69.3 Å². The first kappa shape index (κ1) is 18.6. The van der Waals surface area contributed by atoms with Crippen LogP contribution in [-0.4, -0.2) is 33.9 Å². The average Bonchev–Trinajstić information content (AvgIpc) is 2.71. The first-order valence-electron chi connectivity index (χ1n) is 8.12. The highest BCUT2D eigenvalue weighted by atomic mass is 16.5. The Morgan fingerprint density at radius 1 is 1.14 bits per heavy atom. The smallest absolute Gasteiger partial charge is 0.335 e. The number of aromatic hydroxyl groups is 1. The Kier molecular flexibility index (Phi) is 5.35. The monoisotopic (exact) mass is 380 g/mol. The molecule has 1 amide bonds. The number of hydrazone groups is 1. The van der Waals surface area contributed by atoms with Crippen LogP contribution >= 0.6 is 0 Å². The summed E-state index contributed by atoms with van der Waals surface area (Å²) >= 11 is 0. The number of carbonyl (C=O) groups excluding carboxylic acids is 1. The van der Waals surface area contributed by atoms with Crippen molar-refractivity contribution in [3.05, 3.63) is 86.6 Å². The van der Waals surface area contributed by atoms with Crippen LogP contribution < -0.4 is 21.4 Å². The zero-order valence-corrected chi connectivity index (χ0v) is 14.7. The van der Waals surface area contributed by atoms with Gasteiger partial charge >= 0.3 is 5.69 Å². The van der Waals surface area contributed by atoms with E-state index in [9.17, 15) is 19.5 Å². The maximum Gasteiger partial charge on any atom is 0.335 e. The van der Waals surface area contributed by atoms with E-state index in [4.69, 9.17) is 4.74 Å². The van der Waals surface area contributed by atoms with Gasteiger partial charge in [0.05, 0.1) is 19.0 Å². The van der Waals surface area contributed by atoms with E-state index in [-0.39, 0.29) is 5.56 Å². The number of hydrogen-bond donors (Lipinski definition) is 3. The first-order chi connectivity index (χ1) is 13.5. The van der Waals surface area contributed by atoms with Gasteiger partial charge in [-0.15, -0.1) is 0 Å². The number of aromatic nitrogens is 2. The molecule has 3 N–H and O–H groups in total. The molecule has 0 radical (unpaired) electrons. The summed E-state index contributed by atoms with van der Waals surface area (Å²) in [5, 5.41) is 14.1. The van der Waals surface area contributed by atoms with Gasteiger partial charge in [-0.3, -0.25) is 14.6 Å². The maximum absolute atomic E-state index is 12.1. The molecule has 2 aromatic carbocycles. The Labute approximate surface area is 158 Å². The summed E-state index contributed by atoms with van der Waals surface area (Å²) < 4.78 is 5.96. The quantitative estimate of drug-likeness (QED) is 0.450. The highest BCUT2D eigenvalue weighted by Gasteiger charge is 2.14. The third kappa shape index (κ3) is 3.83. The maximum atomic E-state index is 12.1. The predicted molar refractivity (Wildman–Crippen MR) is 102 cm³/mol. The van der Waals surface area contributed by atoms with E-state index >= 15 is 0 Å². The lowest BCUT2D eigenvalue weighted by Crippen LogP contribution is -2.31. The van der Waals surface area contributed by atoms with Gasteiger partial charge in [-0.05, 0) is 36.4 Å². The van der Waals surface area contributed by atoms with Crippen LogP contribution in [0.5, 0.6) is 11.6 Å². The van der Waals surface area contributed by atoms with E-state index in [1.807, 2.05) is 0 Å². The minimum atomic E-state index is -0.843. The van der Waals surface area contributed by atoms with Crippen molar-refractivity contribution >= 4 is 12.1 Å². The van der Waals surface area contributed by atoms with E-state index in [1.54, 1.807) is 42.5 Å². The van der Waals surface area contributed by atoms with Crippen molar-refractivity contribution in [2.24, 2.45) is 5.10 Å². The number of hydrogen-bond acceptors (Lipinski definition) is 6. The number of nitrogens with zero attached hydrogens (tertiary/aromatic N) is 2. The van der Waals surface area contributed by atoms with Gasteiger partial charge in [0.2, 0.25) is 5.88 Å². The predicted octanol–water partition coefficient (Wildman–Crippen LogP) is 1.00. The van der Waals surface area contributed by atoms with E-state index in [0.29, 0.717) is 17.0 Å². The van der Waals surface area contributed by atoms with Gasteiger partial charge < -0.3 is 9.84 Å². The molecule has 0 aliphatic rings. The zero-order chi connectivity index (χ0) is 20.1. The second-order valence-corrected chi connectivity index (χ2v) is 5.60. The van der Waals surface area contributed by atoms with Crippen LogP contribution in [0.25, 0.3) is 5.69 Å². The molecule has 0 aliphatic carbocycles. The number of methoxy groups -OCH3 is 1. The lowest BCUT2D eigenvalue weighted by molar-refractivity contribution is 0.0955. The zero-order valence-electron chi connectivity index (χ0n) is 14.7. The molecule has 0 aliphatic heterocycles. The Hall–Kier alpha value is -4.14. The van der Waals surface area contributed by atoms with E-state index < -0.39 is 23.0 Å². The van der Waals surface area contributed by atoms with Crippen LogP contribution in [0.4, 0.5) is 0 Å². The number of H-pyrrole nitrogens is 1. The molecular weight excluding hydrogens is 364 g/mol. The molecular formula is C19H16N4O5. The van der Waals surface area contributed by atoms with Crippen molar-refractivity contribution in [2.75, 3.05) is 7.11 Å². The van der Waals surface area contributed by atoms with Gasteiger partial charge in [-0.1, -0.05) is 18.2 Å². The van der Waals surface area contributed by atoms with Crippen LogP contribution in [0.1, 0.15) is 15.9 Å². The van der Waals surface area contributed by atoms with Crippen molar-refractivity contribution in [1.82, 2.24) is 15.0 Å². The minimum absolute atomic E-state index is 0.288. The van der Waals surface area contributed by atoms with Gasteiger partial charge in [0.15, 0.2) is 0 Å².